The van der Waals surface area contributed by atoms with Crippen molar-refractivity contribution in [2.24, 2.45) is 0 Å². The molecule has 0 saturated heterocycles. The molecule has 0 aliphatic carbocycles. The zero-order chi connectivity index (χ0) is 19.5. The summed E-state index contributed by atoms with van der Waals surface area (Å²) in [5.41, 5.74) is 3.21. The van der Waals surface area contributed by atoms with E-state index in [0.29, 0.717) is 23.5 Å². The van der Waals surface area contributed by atoms with Crippen molar-refractivity contribution in [2.45, 2.75) is 6.42 Å². The van der Waals surface area contributed by atoms with E-state index >= 15 is 0 Å². The van der Waals surface area contributed by atoms with Gasteiger partial charge in [-0.25, -0.2) is 0 Å². The highest BCUT2D eigenvalue weighted by Crippen LogP contribution is 2.29. The van der Waals surface area contributed by atoms with Gasteiger partial charge in [0, 0.05) is 24.0 Å². The van der Waals surface area contributed by atoms with Gasteiger partial charge in [-0.2, -0.15) is 0 Å². The molecule has 1 N–H and O–H groups in total. The average Bonchev–Trinajstić information content (AvgIpc) is 3.18. The molecule has 6 nitrogen and oxygen atoms in total. The second-order valence-electron chi connectivity index (χ2n) is 6.42. The molecule has 6 heteroatoms. The van der Waals surface area contributed by atoms with Crippen LogP contribution < -0.4 is 15.0 Å². The van der Waals surface area contributed by atoms with E-state index in [1.165, 1.54) is 19.4 Å². The van der Waals surface area contributed by atoms with E-state index in [9.17, 15) is 9.59 Å². The molecular weight excluding hydrogens is 354 g/mol. The van der Waals surface area contributed by atoms with Crippen LogP contribution in [0.2, 0.25) is 0 Å². The number of amides is 2. The number of nitrogens with one attached hydrogen (secondary N) is 1. The fourth-order valence-electron chi connectivity index (χ4n) is 3.33. The molecule has 28 heavy (non-hydrogen) atoms. The number of aromatic nitrogens is 1. The Balaban J connectivity index is 1.56. The summed E-state index contributed by atoms with van der Waals surface area (Å²) >= 11 is 0. The van der Waals surface area contributed by atoms with Crippen molar-refractivity contribution in [1.29, 1.82) is 0 Å². The first-order chi connectivity index (χ1) is 13.7. The highest BCUT2D eigenvalue weighted by Gasteiger charge is 2.25. The van der Waals surface area contributed by atoms with Crippen LogP contribution in [0.1, 0.15) is 26.4 Å². The molecule has 140 valence electrons. The molecule has 0 radical (unpaired) electrons. The van der Waals surface area contributed by atoms with Crippen LogP contribution in [-0.4, -0.2) is 30.5 Å². The van der Waals surface area contributed by atoms with Gasteiger partial charge in [-0.05, 0) is 42.3 Å². The quantitative estimate of drug-likeness (QED) is 0.759. The van der Waals surface area contributed by atoms with Gasteiger partial charge in [0.15, 0.2) is 0 Å². The molecule has 0 saturated carbocycles. The molecule has 4 rings (SSSR count). The van der Waals surface area contributed by atoms with Crippen molar-refractivity contribution in [3.63, 3.8) is 0 Å². The monoisotopic (exact) mass is 373 g/mol. The number of para-hydroxylation sites is 3. The Bertz CT molecular complexity index is 1050. The van der Waals surface area contributed by atoms with Crippen molar-refractivity contribution in [3.05, 3.63) is 83.7 Å². The molecule has 1 aromatic heterocycles. The summed E-state index contributed by atoms with van der Waals surface area (Å²) in [6.07, 6.45) is 2.31. The number of anilines is 2. The van der Waals surface area contributed by atoms with E-state index in [1.54, 1.807) is 29.2 Å². The van der Waals surface area contributed by atoms with Gasteiger partial charge in [-0.3, -0.25) is 14.6 Å². The van der Waals surface area contributed by atoms with Crippen LogP contribution in [0, 0.1) is 0 Å². The molecule has 2 heterocycles. The molecular formula is C22H19N3O3. The lowest BCUT2D eigenvalue weighted by Gasteiger charge is -2.17. The summed E-state index contributed by atoms with van der Waals surface area (Å²) in [4.78, 5) is 31.5. The third-order valence-electron chi connectivity index (χ3n) is 4.73. The van der Waals surface area contributed by atoms with Crippen molar-refractivity contribution >= 4 is 23.2 Å². The van der Waals surface area contributed by atoms with Crippen LogP contribution in [0.4, 0.5) is 11.4 Å². The number of methoxy groups -OCH3 is 1. The normalized spacial score (nSPS) is 12.4. The highest BCUT2D eigenvalue weighted by atomic mass is 16.5. The standard InChI is InChI=1S/C22H19N3O3/c1-28-20-9-5-3-7-17(20)24-21(26)18-14-16(10-12-23-18)22(27)25-13-11-15-6-2-4-8-19(15)25/h2-10,12,14H,11,13H2,1H3,(H,24,26). The number of hydrogen-bond acceptors (Lipinski definition) is 4. The van der Waals surface area contributed by atoms with E-state index in [1.807, 2.05) is 30.3 Å². The van der Waals surface area contributed by atoms with Gasteiger partial charge in [0.1, 0.15) is 11.4 Å². The Morgan fingerprint density at radius 3 is 2.71 bits per heavy atom. The summed E-state index contributed by atoms with van der Waals surface area (Å²) in [5, 5.41) is 2.78. The Labute approximate surface area is 162 Å². The number of ether oxygens (including phenoxy) is 1. The zero-order valence-electron chi connectivity index (χ0n) is 15.4. The molecule has 1 aliphatic rings. The van der Waals surface area contributed by atoms with Crippen LogP contribution in [0.15, 0.2) is 66.9 Å². The second kappa shape index (κ2) is 7.52. The summed E-state index contributed by atoms with van der Waals surface area (Å²) in [6.45, 7) is 0.628. The van der Waals surface area contributed by atoms with Crippen molar-refractivity contribution in [2.75, 3.05) is 23.9 Å². The number of pyridine rings is 1. The number of carbonyl (C=O) groups excluding carboxylic acids is 2. The van der Waals surface area contributed by atoms with Gasteiger partial charge >= 0.3 is 0 Å². The van der Waals surface area contributed by atoms with E-state index in [0.717, 1.165) is 17.7 Å². The molecule has 0 fully saturated rings. The maximum atomic E-state index is 13.0. The molecule has 1 aliphatic heterocycles. The second-order valence-corrected chi connectivity index (χ2v) is 6.42. The molecule has 0 bridgehead atoms. The lowest BCUT2D eigenvalue weighted by Crippen LogP contribution is -2.29. The van der Waals surface area contributed by atoms with Crippen LogP contribution in [0.3, 0.4) is 0 Å². The van der Waals surface area contributed by atoms with Crippen LogP contribution in [0.25, 0.3) is 0 Å². The largest absolute Gasteiger partial charge is 0.495 e. The molecule has 2 aromatic carbocycles. The van der Waals surface area contributed by atoms with E-state index in [2.05, 4.69) is 10.3 Å². The maximum Gasteiger partial charge on any atom is 0.274 e. The summed E-state index contributed by atoms with van der Waals surface area (Å²) in [5.74, 6) is 0.0106. The molecule has 0 unspecified atom stereocenters. The lowest BCUT2D eigenvalue weighted by atomic mass is 10.1. The van der Waals surface area contributed by atoms with E-state index in [-0.39, 0.29) is 11.6 Å². The van der Waals surface area contributed by atoms with Gasteiger partial charge in [0.2, 0.25) is 0 Å². The minimum Gasteiger partial charge on any atom is -0.495 e. The SMILES string of the molecule is COc1ccccc1NC(=O)c1cc(C(=O)N2CCc3ccccc32)ccn1. The number of benzene rings is 2. The van der Waals surface area contributed by atoms with Crippen LogP contribution in [0.5, 0.6) is 5.75 Å². The average molecular weight is 373 g/mol. The Morgan fingerprint density at radius 2 is 1.86 bits per heavy atom. The fraction of sp³-hybridized carbons (Fsp3) is 0.136. The van der Waals surface area contributed by atoms with Crippen molar-refractivity contribution in [3.8, 4) is 5.75 Å². The minimum absolute atomic E-state index is 0.140. The zero-order valence-corrected chi connectivity index (χ0v) is 15.4. The van der Waals surface area contributed by atoms with Gasteiger partial charge < -0.3 is 15.0 Å². The first kappa shape index (κ1) is 17.7. The van der Waals surface area contributed by atoms with Gasteiger partial charge in [0.25, 0.3) is 11.8 Å². The fourth-order valence-corrected chi connectivity index (χ4v) is 3.33. The number of nitrogens with zero attached hydrogens (tertiary/aromatic N) is 2. The first-order valence-electron chi connectivity index (χ1n) is 8.97. The summed E-state index contributed by atoms with van der Waals surface area (Å²) < 4.78 is 5.25. The highest BCUT2D eigenvalue weighted by molar-refractivity contribution is 6.09. The summed E-state index contributed by atoms with van der Waals surface area (Å²) in [7, 11) is 1.54. The third-order valence-corrected chi connectivity index (χ3v) is 4.73. The smallest absolute Gasteiger partial charge is 0.274 e. The lowest BCUT2D eigenvalue weighted by molar-refractivity contribution is 0.0989. The van der Waals surface area contributed by atoms with Crippen LogP contribution >= 0.6 is 0 Å². The number of carbonyl (C=O) groups is 2. The molecule has 0 atom stereocenters. The van der Waals surface area contributed by atoms with Gasteiger partial charge in [0.05, 0.1) is 12.8 Å². The predicted octanol–water partition coefficient (Wildman–Crippen LogP) is 3.55. The summed E-state index contributed by atoms with van der Waals surface area (Å²) in [6, 6.07) is 18.1. The Hall–Kier alpha value is -3.67. The van der Waals surface area contributed by atoms with Crippen LogP contribution in [-0.2, 0) is 6.42 Å². The third kappa shape index (κ3) is 3.32. The van der Waals surface area contributed by atoms with Gasteiger partial charge in [-0.15, -0.1) is 0 Å². The molecule has 0 spiro atoms. The van der Waals surface area contributed by atoms with E-state index < -0.39 is 5.91 Å². The Morgan fingerprint density at radius 1 is 1.07 bits per heavy atom. The number of hydrogen-bond donors (Lipinski definition) is 1. The van der Waals surface area contributed by atoms with Crippen molar-refractivity contribution in [1.82, 2.24) is 4.98 Å². The Kier molecular flexibility index (Phi) is 4.76. The van der Waals surface area contributed by atoms with Gasteiger partial charge in [-0.1, -0.05) is 30.3 Å². The number of rotatable bonds is 4. The predicted molar refractivity (Wildman–Crippen MR) is 107 cm³/mol. The first-order valence-corrected chi connectivity index (χ1v) is 8.97. The molecule has 2 amide bonds. The minimum atomic E-state index is -0.402. The van der Waals surface area contributed by atoms with E-state index in [4.69, 9.17) is 4.74 Å². The molecule has 3 aromatic rings. The maximum absolute atomic E-state index is 13.0. The van der Waals surface area contributed by atoms with Crippen molar-refractivity contribution < 1.29 is 14.3 Å². The number of fused-ring (bicyclic) bond motifs is 1. The topological polar surface area (TPSA) is 71.5 Å².